The molecule has 0 aliphatic heterocycles. The maximum Gasteiger partial charge on any atom is 0.155 e. The monoisotopic (exact) mass is 207 g/mol. The third-order valence-electron chi connectivity index (χ3n) is 2.59. The van der Waals surface area contributed by atoms with E-state index in [-0.39, 0.29) is 16.4 Å². The van der Waals surface area contributed by atoms with E-state index < -0.39 is 9.84 Å². The predicted molar refractivity (Wildman–Crippen MR) is 56.4 cm³/mol. The van der Waals surface area contributed by atoms with Crippen LogP contribution in [0.4, 0.5) is 0 Å². The van der Waals surface area contributed by atoms with Crippen LogP contribution in [0.3, 0.4) is 0 Å². The van der Waals surface area contributed by atoms with Crippen molar-refractivity contribution in [1.82, 2.24) is 0 Å². The molecule has 80 valence electrons. The van der Waals surface area contributed by atoms with Crippen molar-refractivity contribution in [3.05, 3.63) is 0 Å². The first-order valence-electron chi connectivity index (χ1n) is 4.76. The average molecular weight is 207 g/mol. The van der Waals surface area contributed by atoms with Crippen molar-refractivity contribution in [3.63, 3.8) is 0 Å². The predicted octanol–water partition coefficient (Wildman–Crippen LogP) is 1.18. The van der Waals surface area contributed by atoms with Crippen molar-refractivity contribution in [2.24, 2.45) is 11.7 Å². The van der Waals surface area contributed by atoms with E-state index in [0.717, 1.165) is 0 Å². The minimum Gasteiger partial charge on any atom is -0.330 e. The lowest BCUT2D eigenvalue weighted by molar-refractivity contribution is 0.531. The van der Waals surface area contributed by atoms with Crippen LogP contribution in [0, 0.1) is 5.92 Å². The molecule has 0 aromatic rings. The quantitative estimate of drug-likeness (QED) is 0.736. The Labute approximate surface area is 81.6 Å². The van der Waals surface area contributed by atoms with Gasteiger partial charge in [0.2, 0.25) is 0 Å². The molecule has 0 spiro atoms. The largest absolute Gasteiger partial charge is 0.330 e. The van der Waals surface area contributed by atoms with Crippen LogP contribution in [-0.4, -0.2) is 25.5 Å². The summed E-state index contributed by atoms with van der Waals surface area (Å²) in [5.74, 6) is 0.172. The summed E-state index contributed by atoms with van der Waals surface area (Å²) in [4.78, 5) is 0. The second-order valence-corrected chi connectivity index (χ2v) is 6.65. The van der Waals surface area contributed by atoms with Gasteiger partial charge in [0.15, 0.2) is 9.84 Å². The Morgan fingerprint density at radius 3 is 1.92 bits per heavy atom. The van der Waals surface area contributed by atoms with Crippen molar-refractivity contribution >= 4 is 9.84 Å². The lowest BCUT2D eigenvalue weighted by Gasteiger charge is -2.20. The summed E-state index contributed by atoms with van der Waals surface area (Å²) in [6.45, 7) is 7.80. The van der Waals surface area contributed by atoms with E-state index in [1.807, 2.05) is 13.8 Å². The van der Waals surface area contributed by atoms with Gasteiger partial charge in [-0.2, -0.15) is 0 Å². The van der Waals surface area contributed by atoms with Crippen LogP contribution < -0.4 is 5.73 Å². The Hall–Kier alpha value is -0.0900. The fraction of sp³-hybridized carbons (Fsp3) is 1.00. The van der Waals surface area contributed by atoms with Crippen molar-refractivity contribution in [2.75, 3.05) is 6.54 Å². The molecule has 0 saturated carbocycles. The summed E-state index contributed by atoms with van der Waals surface area (Å²) in [6, 6.07) is 0. The Morgan fingerprint density at radius 2 is 1.62 bits per heavy atom. The van der Waals surface area contributed by atoms with Gasteiger partial charge >= 0.3 is 0 Å². The molecule has 0 aromatic carbocycles. The zero-order valence-corrected chi connectivity index (χ0v) is 9.76. The van der Waals surface area contributed by atoms with Gasteiger partial charge in [-0.3, -0.25) is 0 Å². The smallest absolute Gasteiger partial charge is 0.155 e. The van der Waals surface area contributed by atoms with Crippen LogP contribution in [0.5, 0.6) is 0 Å². The summed E-state index contributed by atoms with van der Waals surface area (Å²) < 4.78 is 23.6. The highest BCUT2D eigenvalue weighted by molar-refractivity contribution is 7.92. The Bertz CT molecular complexity index is 234. The third kappa shape index (κ3) is 3.27. The van der Waals surface area contributed by atoms with Gasteiger partial charge in [0.25, 0.3) is 0 Å². The van der Waals surface area contributed by atoms with Crippen LogP contribution in [0.15, 0.2) is 0 Å². The van der Waals surface area contributed by atoms with Gasteiger partial charge in [-0.25, -0.2) is 8.42 Å². The van der Waals surface area contributed by atoms with Gasteiger partial charge in [0.1, 0.15) is 0 Å². The van der Waals surface area contributed by atoms with Crippen LogP contribution in [0.25, 0.3) is 0 Å². The second-order valence-electron chi connectivity index (χ2n) is 3.93. The summed E-state index contributed by atoms with van der Waals surface area (Å²) >= 11 is 0. The van der Waals surface area contributed by atoms with E-state index in [2.05, 4.69) is 0 Å². The first-order valence-corrected chi connectivity index (χ1v) is 6.37. The molecule has 0 fully saturated rings. The molecule has 0 bridgehead atoms. The zero-order chi connectivity index (χ0) is 10.6. The highest BCUT2D eigenvalue weighted by Crippen LogP contribution is 2.18. The molecule has 0 rings (SSSR count). The van der Waals surface area contributed by atoms with Gasteiger partial charge < -0.3 is 5.73 Å². The summed E-state index contributed by atoms with van der Waals surface area (Å²) in [7, 11) is -2.98. The lowest BCUT2D eigenvalue weighted by atomic mass is 10.2. The Morgan fingerprint density at radius 1 is 1.15 bits per heavy atom. The topological polar surface area (TPSA) is 60.2 Å². The van der Waals surface area contributed by atoms with Crippen LogP contribution in [-0.2, 0) is 9.84 Å². The fourth-order valence-electron chi connectivity index (χ4n) is 1.14. The molecule has 13 heavy (non-hydrogen) atoms. The number of hydrogen-bond donors (Lipinski definition) is 1. The van der Waals surface area contributed by atoms with Crippen molar-refractivity contribution in [1.29, 1.82) is 0 Å². The zero-order valence-electron chi connectivity index (χ0n) is 8.95. The maximum absolute atomic E-state index is 11.8. The standard InChI is InChI=1S/C9H21NO2S/c1-7(2)9(4)13(11,12)8(3)5-6-10/h7-9H,5-6,10H2,1-4H3. The molecule has 2 unspecified atom stereocenters. The lowest BCUT2D eigenvalue weighted by Crippen LogP contribution is -2.33. The molecule has 4 heteroatoms. The molecular weight excluding hydrogens is 186 g/mol. The van der Waals surface area contributed by atoms with Crippen LogP contribution in [0.2, 0.25) is 0 Å². The minimum atomic E-state index is -2.98. The molecular formula is C9H21NO2S. The number of nitrogens with two attached hydrogens (primary N) is 1. The van der Waals surface area contributed by atoms with E-state index in [0.29, 0.717) is 13.0 Å². The minimum absolute atomic E-state index is 0.172. The van der Waals surface area contributed by atoms with E-state index in [9.17, 15) is 8.42 Å². The van der Waals surface area contributed by atoms with Gasteiger partial charge in [-0.05, 0) is 32.7 Å². The SMILES string of the molecule is CC(C)C(C)S(=O)(=O)C(C)CCN. The summed E-state index contributed by atoms with van der Waals surface area (Å²) in [5.41, 5.74) is 5.34. The highest BCUT2D eigenvalue weighted by Gasteiger charge is 2.28. The number of hydrogen-bond acceptors (Lipinski definition) is 3. The van der Waals surface area contributed by atoms with Gasteiger partial charge in [-0.15, -0.1) is 0 Å². The van der Waals surface area contributed by atoms with Gasteiger partial charge in [0, 0.05) is 0 Å². The normalized spacial score (nSPS) is 17.4. The van der Waals surface area contributed by atoms with E-state index in [1.54, 1.807) is 13.8 Å². The molecule has 0 aliphatic carbocycles. The molecule has 0 heterocycles. The second kappa shape index (κ2) is 4.96. The molecule has 0 aliphatic rings. The van der Waals surface area contributed by atoms with E-state index in [4.69, 9.17) is 5.73 Å². The third-order valence-corrected chi connectivity index (χ3v) is 5.53. The van der Waals surface area contributed by atoms with Crippen molar-refractivity contribution in [2.45, 2.75) is 44.6 Å². The van der Waals surface area contributed by atoms with Crippen LogP contribution in [0.1, 0.15) is 34.1 Å². The van der Waals surface area contributed by atoms with Crippen molar-refractivity contribution in [3.8, 4) is 0 Å². The Balaban J connectivity index is 4.56. The van der Waals surface area contributed by atoms with E-state index in [1.165, 1.54) is 0 Å². The molecule has 0 saturated heterocycles. The molecule has 2 N–H and O–H groups in total. The highest BCUT2D eigenvalue weighted by atomic mass is 32.2. The number of sulfone groups is 1. The van der Waals surface area contributed by atoms with Crippen molar-refractivity contribution < 1.29 is 8.42 Å². The summed E-state index contributed by atoms with van der Waals surface area (Å²) in [5, 5.41) is -0.580. The maximum atomic E-state index is 11.8. The Kier molecular flexibility index (Phi) is 4.92. The summed E-state index contributed by atoms with van der Waals surface area (Å²) in [6.07, 6.45) is 0.555. The van der Waals surface area contributed by atoms with E-state index >= 15 is 0 Å². The average Bonchev–Trinajstić information content (AvgIpc) is 2.03. The first kappa shape index (κ1) is 12.9. The molecule has 3 nitrogen and oxygen atoms in total. The van der Waals surface area contributed by atoms with Crippen LogP contribution >= 0.6 is 0 Å². The van der Waals surface area contributed by atoms with Gasteiger partial charge in [-0.1, -0.05) is 13.8 Å². The first-order chi connectivity index (χ1) is 5.84. The number of rotatable bonds is 5. The fourth-order valence-corrected chi connectivity index (χ4v) is 3.10. The van der Waals surface area contributed by atoms with Gasteiger partial charge in [0.05, 0.1) is 10.5 Å². The molecule has 0 radical (unpaired) electrons. The molecule has 0 amide bonds. The molecule has 0 aromatic heterocycles. The molecule has 2 atom stereocenters.